The van der Waals surface area contributed by atoms with Crippen molar-refractivity contribution >= 4 is 12.4 Å². The van der Waals surface area contributed by atoms with E-state index in [4.69, 9.17) is 4.74 Å². The van der Waals surface area contributed by atoms with Crippen molar-refractivity contribution in [1.29, 1.82) is 0 Å². The predicted octanol–water partition coefficient (Wildman–Crippen LogP) is 0.560. The van der Waals surface area contributed by atoms with Crippen LogP contribution in [-0.4, -0.2) is 36.0 Å². The summed E-state index contributed by atoms with van der Waals surface area (Å²) in [5, 5.41) is 0. The second-order valence-corrected chi connectivity index (χ2v) is 3.34. The van der Waals surface area contributed by atoms with E-state index in [9.17, 15) is 9.59 Å². The van der Waals surface area contributed by atoms with Gasteiger partial charge in [0.15, 0.2) is 0 Å². The number of nitrogens with zero attached hydrogens (tertiary/aromatic N) is 1. The lowest BCUT2D eigenvalue weighted by Gasteiger charge is -2.42. The minimum Gasteiger partial charge on any atom is -0.448 e. The van der Waals surface area contributed by atoms with Crippen LogP contribution in [0.1, 0.15) is 19.3 Å². The van der Waals surface area contributed by atoms with Gasteiger partial charge in [-0.15, -0.1) is 0 Å². The van der Waals surface area contributed by atoms with Gasteiger partial charge in [-0.25, -0.2) is 4.79 Å². The first kappa shape index (κ1) is 7.58. The lowest BCUT2D eigenvalue weighted by atomic mass is 9.77. The van der Waals surface area contributed by atoms with Gasteiger partial charge in [-0.1, -0.05) is 0 Å². The summed E-state index contributed by atoms with van der Waals surface area (Å²) in [6.45, 7) is 0.992. The molecule has 12 heavy (non-hydrogen) atoms. The monoisotopic (exact) mass is 169 g/mol. The number of aldehydes is 1. The molecule has 1 amide bonds. The largest absolute Gasteiger partial charge is 0.448 e. The Bertz CT molecular complexity index is 222. The lowest BCUT2D eigenvalue weighted by molar-refractivity contribution is -0.121. The summed E-state index contributed by atoms with van der Waals surface area (Å²) >= 11 is 0. The van der Waals surface area contributed by atoms with Crippen LogP contribution in [-0.2, 0) is 9.53 Å². The zero-order valence-electron chi connectivity index (χ0n) is 6.78. The first-order valence-electron chi connectivity index (χ1n) is 4.19. The molecule has 2 fully saturated rings. The molecular formula is C8H11NO3. The number of cyclic esters (lactones) is 1. The Morgan fingerprint density at radius 2 is 2.25 bits per heavy atom. The molecule has 0 unspecified atom stereocenters. The summed E-state index contributed by atoms with van der Waals surface area (Å²) in [6, 6.07) is 0. The second kappa shape index (κ2) is 2.47. The van der Waals surface area contributed by atoms with E-state index in [0.717, 1.165) is 25.5 Å². The minimum absolute atomic E-state index is 0.332. The fourth-order valence-electron chi connectivity index (χ4n) is 1.79. The Labute approximate surface area is 70.5 Å². The van der Waals surface area contributed by atoms with Gasteiger partial charge in [0.25, 0.3) is 0 Å². The van der Waals surface area contributed by atoms with Crippen molar-refractivity contribution in [2.24, 2.45) is 0 Å². The average Bonchev–Trinajstić information content (AvgIpc) is 2.36. The summed E-state index contributed by atoms with van der Waals surface area (Å²) < 4.78 is 4.78. The molecule has 1 saturated carbocycles. The van der Waals surface area contributed by atoms with Crippen molar-refractivity contribution in [2.45, 2.75) is 24.8 Å². The molecule has 0 N–H and O–H groups in total. The van der Waals surface area contributed by atoms with E-state index in [1.54, 1.807) is 4.90 Å². The van der Waals surface area contributed by atoms with E-state index < -0.39 is 5.54 Å². The van der Waals surface area contributed by atoms with Gasteiger partial charge in [0, 0.05) is 0 Å². The van der Waals surface area contributed by atoms with Gasteiger partial charge in [-0.3, -0.25) is 4.90 Å². The molecule has 2 aliphatic rings. The van der Waals surface area contributed by atoms with Crippen LogP contribution in [0, 0.1) is 0 Å². The van der Waals surface area contributed by atoms with E-state index in [0.29, 0.717) is 13.2 Å². The molecule has 0 aromatic heterocycles. The molecule has 0 atom stereocenters. The second-order valence-electron chi connectivity index (χ2n) is 3.34. The summed E-state index contributed by atoms with van der Waals surface area (Å²) in [5.41, 5.74) is -0.506. The summed E-state index contributed by atoms with van der Waals surface area (Å²) in [5.74, 6) is 0. The third-order valence-electron chi connectivity index (χ3n) is 2.74. The molecule has 0 bridgehead atoms. The van der Waals surface area contributed by atoms with Crippen molar-refractivity contribution in [3.63, 3.8) is 0 Å². The Morgan fingerprint density at radius 3 is 2.58 bits per heavy atom. The van der Waals surface area contributed by atoms with Gasteiger partial charge in [-0.2, -0.15) is 0 Å². The Morgan fingerprint density at radius 1 is 1.50 bits per heavy atom. The molecule has 2 rings (SSSR count). The number of hydrogen-bond donors (Lipinski definition) is 0. The van der Waals surface area contributed by atoms with Gasteiger partial charge in [0.2, 0.25) is 0 Å². The van der Waals surface area contributed by atoms with E-state index in [-0.39, 0.29) is 6.09 Å². The summed E-state index contributed by atoms with van der Waals surface area (Å²) in [6.07, 6.45) is 3.18. The van der Waals surface area contributed by atoms with Crippen molar-refractivity contribution < 1.29 is 14.3 Å². The normalized spacial score (nSPS) is 26.3. The van der Waals surface area contributed by atoms with Crippen molar-refractivity contribution in [2.75, 3.05) is 13.2 Å². The van der Waals surface area contributed by atoms with Gasteiger partial charge in [-0.05, 0) is 19.3 Å². The smallest absolute Gasteiger partial charge is 0.410 e. The molecule has 0 aromatic carbocycles. The molecule has 4 heteroatoms. The highest BCUT2D eigenvalue weighted by Crippen LogP contribution is 2.37. The predicted molar refractivity (Wildman–Crippen MR) is 40.7 cm³/mol. The Kier molecular flexibility index (Phi) is 1.56. The van der Waals surface area contributed by atoms with E-state index in [1.807, 2.05) is 0 Å². The Balaban J connectivity index is 2.15. The first-order chi connectivity index (χ1) is 5.78. The molecule has 1 heterocycles. The summed E-state index contributed by atoms with van der Waals surface area (Å²) in [4.78, 5) is 23.5. The zero-order chi connectivity index (χ0) is 8.60. The number of rotatable bonds is 2. The highest BCUT2D eigenvalue weighted by Gasteiger charge is 2.47. The fourth-order valence-corrected chi connectivity index (χ4v) is 1.79. The minimum atomic E-state index is -0.506. The topological polar surface area (TPSA) is 46.6 Å². The van der Waals surface area contributed by atoms with E-state index in [2.05, 4.69) is 0 Å². The summed E-state index contributed by atoms with van der Waals surface area (Å²) in [7, 11) is 0. The average molecular weight is 169 g/mol. The van der Waals surface area contributed by atoms with Crippen LogP contribution < -0.4 is 0 Å². The number of amides is 1. The molecule has 0 aromatic rings. The lowest BCUT2D eigenvalue weighted by Crippen LogP contribution is -2.55. The van der Waals surface area contributed by atoms with Gasteiger partial charge < -0.3 is 9.53 Å². The number of hydrogen-bond acceptors (Lipinski definition) is 3. The van der Waals surface area contributed by atoms with Crippen LogP contribution in [0.3, 0.4) is 0 Å². The number of carbonyl (C=O) groups excluding carboxylic acids is 2. The molecule has 1 aliphatic heterocycles. The SMILES string of the molecule is O=CC1(N2CCOC2=O)CCC1. The van der Waals surface area contributed by atoms with Crippen LogP contribution in [0.4, 0.5) is 4.79 Å². The molecule has 1 aliphatic carbocycles. The first-order valence-corrected chi connectivity index (χ1v) is 4.19. The highest BCUT2D eigenvalue weighted by molar-refractivity contribution is 5.78. The molecule has 4 nitrogen and oxygen atoms in total. The van der Waals surface area contributed by atoms with Crippen LogP contribution in [0.15, 0.2) is 0 Å². The standard InChI is InChI=1S/C8H11NO3/c10-6-8(2-1-3-8)9-4-5-12-7(9)11/h6H,1-5H2. The van der Waals surface area contributed by atoms with Crippen molar-refractivity contribution in [3.05, 3.63) is 0 Å². The quantitative estimate of drug-likeness (QED) is 0.567. The number of carbonyl (C=O) groups is 2. The third kappa shape index (κ3) is 0.838. The maximum Gasteiger partial charge on any atom is 0.410 e. The molecule has 1 saturated heterocycles. The fraction of sp³-hybridized carbons (Fsp3) is 0.750. The van der Waals surface area contributed by atoms with Crippen LogP contribution in [0.2, 0.25) is 0 Å². The maximum absolute atomic E-state index is 11.1. The molecule has 66 valence electrons. The zero-order valence-corrected chi connectivity index (χ0v) is 6.78. The third-order valence-corrected chi connectivity index (χ3v) is 2.74. The van der Waals surface area contributed by atoms with Crippen molar-refractivity contribution in [3.8, 4) is 0 Å². The molecule has 0 spiro atoms. The van der Waals surface area contributed by atoms with Crippen molar-refractivity contribution in [1.82, 2.24) is 4.90 Å². The van der Waals surface area contributed by atoms with Crippen LogP contribution >= 0.6 is 0 Å². The van der Waals surface area contributed by atoms with Gasteiger partial charge in [0.05, 0.1) is 6.54 Å². The van der Waals surface area contributed by atoms with Gasteiger partial charge in [0.1, 0.15) is 18.4 Å². The van der Waals surface area contributed by atoms with E-state index in [1.165, 1.54) is 0 Å². The molecule has 0 radical (unpaired) electrons. The maximum atomic E-state index is 11.1. The van der Waals surface area contributed by atoms with Crippen LogP contribution in [0.25, 0.3) is 0 Å². The Hall–Kier alpha value is -1.06. The van der Waals surface area contributed by atoms with E-state index >= 15 is 0 Å². The van der Waals surface area contributed by atoms with Crippen LogP contribution in [0.5, 0.6) is 0 Å². The molecular weight excluding hydrogens is 158 g/mol. The highest BCUT2D eigenvalue weighted by atomic mass is 16.6. The number of ether oxygens (including phenoxy) is 1. The van der Waals surface area contributed by atoms with Gasteiger partial charge >= 0.3 is 6.09 Å².